The van der Waals surface area contributed by atoms with Gasteiger partial charge in [0.2, 0.25) is 0 Å². The van der Waals surface area contributed by atoms with E-state index >= 15 is 0 Å². The number of likely N-dealkylation sites (N-methyl/N-ethyl adjacent to an activating group) is 1. The number of aromatic nitrogens is 1. The monoisotopic (exact) mass is 309 g/mol. The molecule has 23 heavy (non-hydrogen) atoms. The van der Waals surface area contributed by atoms with Gasteiger partial charge in [-0.25, -0.2) is 0 Å². The van der Waals surface area contributed by atoms with Crippen molar-refractivity contribution >= 4 is 0 Å². The van der Waals surface area contributed by atoms with E-state index in [-0.39, 0.29) is 0 Å². The molecule has 0 saturated carbocycles. The van der Waals surface area contributed by atoms with Gasteiger partial charge in [0.25, 0.3) is 0 Å². The van der Waals surface area contributed by atoms with Crippen molar-refractivity contribution in [2.24, 2.45) is 0 Å². The van der Waals surface area contributed by atoms with Gasteiger partial charge in [-0.2, -0.15) is 0 Å². The summed E-state index contributed by atoms with van der Waals surface area (Å²) in [7, 11) is 0. The number of benzene rings is 1. The van der Waals surface area contributed by atoms with Crippen molar-refractivity contribution in [2.75, 3.05) is 19.6 Å². The molecule has 3 heteroatoms. The summed E-state index contributed by atoms with van der Waals surface area (Å²) < 4.78 is 0. The molecule has 1 aliphatic rings. The van der Waals surface area contributed by atoms with Crippen LogP contribution in [0.1, 0.15) is 30.9 Å². The SMILES string of the molecule is CCN1CCC[C@H]1CN(Cc1ccccc1)Cc1ccncc1. The zero-order valence-electron chi connectivity index (χ0n) is 14.1. The number of hydrogen-bond acceptors (Lipinski definition) is 3. The molecule has 3 rings (SSSR count). The molecule has 1 atom stereocenters. The number of pyridine rings is 1. The van der Waals surface area contributed by atoms with Crippen molar-refractivity contribution in [1.82, 2.24) is 14.8 Å². The first kappa shape index (κ1) is 16.2. The van der Waals surface area contributed by atoms with Gasteiger partial charge in [-0.3, -0.25) is 14.8 Å². The molecule has 1 aromatic carbocycles. The molecule has 2 aromatic rings. The average Bonchev–Trinajstić information content (AvgIpc) is 3.04. The molecule has 0 aliphatic carbocycles. The largest absolute Gasteiger partial charge is 0.299 e. The van der Waals surface area contributed by atoms with Crippen molar-refractivity contribution in [2.45, 2.75) is 38.9 Å². The fraction of sp³-hybridized carbons (Fsp3) is 0.450. The van der Waals surface area contributed by atoms with Crippen molar-refractivity contribution in [3.63, 3.8) is 0 Å². The lowest BCUT2D eigenvalue weighted by Gasteiger charge is -2.30. The third-order valence-corrected chi connectivity index (χ3v) is 4.78. The zero-order valence-corrected chi connectivity index (χ0v) is 14.1. The Morgan fingerprint density at radius 3 is 2.43 bits per heavy atom. The Labute approximate surface area is 140 Å². The Morgan fingerprint density at radius 1 is 1.04 bits per heavy atom. The molecular formula is C20H27N3. The number of nitrogens with zero attached hydrogens (tertiary/aromatic N) is 3. The lowest BCUT2D eigenvalue weighted by molar-refractivity contribution is 0.166. The fourth-order valence-electron chi connectivity index (χ4n) is 3.59. The van der Waals surface area contributed by atoms with Gasteiger partial charge >= 0.3 is 0 Å². The first-order chi connectivity index (χ1) is 11.3. The zero-order chi connectivity index (χ0) is 15.9. The van der Waals surface area contributed by atoms with Crippen LogP contribution >= 0.6 is 0 Å². The first-order valence-corrected chi connectivity index (χ1v) is 8.74. The Morgan fingerprint density at radius 2 is 1.74 bits per heavy atom. The molecule has 0 bridgehead atoms. The summed E-state index contributed by atoms with van der Waals surface area (Å²) in [6.07, 6.45) is 6.45. The Bertz CT molecular complexity index is 528. The highest BCUT2D eigenvalue weighted by Crippen LogP contribution is 2.20. The van der Waals surface area contributed by atoms with Crippen LogP contribution in [0.25, 0.3) is 0 Å². The van der Waals surface area contributed by atoms with E-state index in [1.807, 2.05) is 12.4 Å². The van der Waals surface area contributed by atoms with Gasteiger partial charge in [-0.1, -0.05) is 37.3 Å². The minimum atomic E-state index is 0.700. The first-order valence-electron chi connectivity index (χ1n) is 8.74. The normalized spacial score (nSPS) is 18.6. The van der Waals surface area contributed by atoms with Crippen molar-refractivity contribution < 1.29 is 0 Å². The summed E-state index contributed by atoms with van der Waals surface area (Å²) in [6, 6.07) is 15.8. The van der Waals surface area contributed by atoms with Gasteiger partial charge in [0.1, 0.15) is 0 Å². The van der Waals surface area contributed by atoms with Crippen LogP contribution < -0.4 is 0 Å². The summed E-state index contributed by atoms with van der Waals surface area (Å²) in [5.74, 6) is 0. The molecular weight excluding hydrogens is 282 g/mol. The highest BCUT2D eigenvalue weighted by molar-refractivity contribution is 5.15. The standard InChI is InChI=1S/C20H27N3/c1-2-23-14-6-9-20(23)17-22(15-18-7-4-3-5-8-18)16-19-10-12-21-13-11-19/h3-5,7-8,10-13,20H,2,6,9,14-17H2,1H3/t20-/m0/s1. The Kier molecular flexibility index (Phi) is 5.78. The summed E-state index contributed by atoms with van der Waals surface area (Å²) in [5, 5.41) is 0. The minimum Gasteiger partial charge on any atom is -0.299 e. The van der Waals surface area contributed by atoms with Gasteiger partial charge < -0.3 is 0 Å². The lowest BCUT2D eigenvalue weighted by atomic mass is 10.1. The van der Waals surface area contributed by atoms with Crippen LogP contribution in [-0.2, 0) is 13.1 Å². The topological polar surface area (TPSA) is 19.4 Å². The van der Waals surface area contributed by atoms with Crippen LogP contribution in [-0.4, -0.2) is 40.5 Å². The Hall–Kier alpha value is -1.71. The number of hydrogen-bond donors (Lipinski definition) is 0. The maximum Gasteiger partial charge on any atom is 0.0271 e. The summed E-state index contributed by atoms with van der Waals surface area (Å²) in [6.45, 7) is 7.85. The van der Waals surface area contributed by atoms with Gasteiger partial charge in [-0.15, -0.1) is 0 Å². The van der Waals surface area contributed by atoms with E-state index in [1.165, 1.54) is 37.1 Å². The summed E-state index contributed by atoms with van der Waals surface area (Å²) in [5.41, 5.74) is 2.74. The maximum absolute atomic E-state index is 4.14. The number of rotatable bonds is 7. The molecule has 1 aliphatic heterocycles. The quantitative estimate of drug-likeness (QED) is 0.779. The van der Waals surface area contributed by atoms with Crippen LogP contribution in [0, 0.1) is 0 Å². The van der Waals surface area contributed by atoms with Crippen molar-refractivity contribution in [3.8, 4) is 0 Å². The Balaban J connectivity index is 1.70. The molecule has 1 aromatic heterocycles. The molecule has 0 N–H and O–H groups in total. The second-order valence-electron chi connectivity index (χ2n) is 6.44. The van der Waals surface area contributed by atoms with Gasteiger partial charge in [0.15, 0.2) is 0 Å². The molecule has 3 nitrogen and oxygen atoms in total. The highest BCUT2D eigenvalue weighted by atomic mass is 15.2. The predicted molar refractivity (Wildman–Crippen MR) is 95.1 cm³/mol. The molecule has 2 heterocycles. The highest BCUT2D eigenvalue weighted by Gasteiger charge is 2.25. The van der Waals surface area contributed by atoms with E-state index < -0.39 is 0 Å². The summed E-state index contributed by atoms with van der Waals surface area (Å²) >= 11 is 0. The molecule has 1 fully saturated rings. The second-order valence-corrected chi connectivity index (χ2v) is 6.44. The van der Waals surface area contributed by atoms with Crippen LogP contribution in [0.4, 0.5) is 0 Å². The van der Waals surface area contributed by atoms with Crippen LogP contribution in [0.15, 0.2) is 54.9 Å². The molecule has 0 unspecified atom stereocenters. The predicted octanol–water partition coefficient (Wildman–Crippen LogP) is 3.57. The molecule has 0 spiro atoms. The van der Waals surface area contributed by atoms with E-state index in [0.717, 1.165) is 19.6 Å². The minimum absolute atomic E-state index is 0.700. The lowest BCUT2D eigenvalue weighted by Crippen LogP contribution is -2.39. The fourth-order valence-corrected chi connectivity index (χ4v) is 3.59. The maximum atomic E-state index is 4.14. The van der Waals surface area contributed by atoms with E-state index in [0.29, 0.717) is 6.04 Å². The van der Waals surface area contributed by atoms with Gasteiger partial charge in [0, 0.05) is 38.1 Å². The van der Waals surface area contributed by atoms with E-state index in [1.54, 1.807) is 0 Å². The van der Waals surface area contributed by atoms with Crippen LogP contribution in [0.2, 0.25) is 0 Å². The molecule has 122 valence electrons. The van der Waals surface area contributed by atoms with Crippen molar-refractivity contribution in [1.29, 1.82) is 0 Å². The van der Waals surface area contributed by atoms with E-state index in [4.69, 9.17) is 0 Å². The molecule has 1 saturated heterocycles. The smallest absolute Gasteiger partial charge is 0.0271 e. The van der Waals surface area contributed by atoms with Crippen molar-refractivity contribution in [3.05, 3.63) is 66.0 Å². The van der Waals surface area contributed by atoms with Gasteiger partial charge in [0.05, 0.1) is 0 Å². The number of likely N-dealkylation sites (tertiary alicyclic amines) is 1. The van der Waals surface area contributed by atoms with Gasteiger partial charge in [-0.05, 0) is 49.2 Å². The van der Waals surface area contributed by atoms with Crippen LogP contribution in [0.5, 0.6) is 0 Å². The third kappa shape index (κ3) is 4.63. The molecule has 0 radical (unpaired) electrons. The van der Waals surface area contributed by atoms with Crippen LogP contribution in [0.3, 0.4) is 0 Å². The molecule has 0 amide bonds. The van der Waals surface area contributed by atoms with E-state index in [9.17, 15) is 0 Å². The second kappa shape index (κ2) is 8.23. The third-order valence-electron chi connectivity index (χ3n) is 4.78. The van der Waals surface area contributed by atoms with E-state index in [2.05, 4.69) is 64.2 Å². The summed E-state index contributed by atoms with van der Waals surface area (Å²) in [4.78, 5) is 9.35. The average molecular weight is 309 g/mol.